The fraction of sp³-hybridized carbons (Fsp3) is 0.611. The van der Waals surface area contributed by atoms with Crippen molar-refractivity contribution in [3.05, 3.63) is 23.8 Å². The second-order valence-corrected chi connectivity index (χ2v) is 8.43. The van der Waals surface area contributed by atoms with Gasteiger partial charge in [0, 0.05) is 13.1 Å². The Labute approximate surface area is 150 Å². The molecule has 6 nitrogen and oxygen atoms in total. The Hall–Kier alpha value is -1.60. The second-order valence-electron chi connectivity index (χ2n) is 6.71. The van der Waals surface area contributed by atoms with E-state index in [2.05, 4.69) is 11.6 Å². The lowest BCUT2D eigenvalue weighted by Crippen LogP contribution is -2.49. The SMILES string of the molecule is CCOc1ccc(S(=O)(=O)N[C@H](C)C(=O)N2CCC(C)CC2)cc1C. The van der Waals surface area contributed by atoms with Crippen molar-refractivity contribution in [3.8, 4) is 5.75 Å². The molecule has 1 N–H and O–H groups in total. The van der Waals surface area contributed by atoms with E-state index in [9.17, 15) is 13.2 Å². The van der Waals surface area contributed by atoms with Crippen LogP contribution in [0.2, 0.25) is 0 Å². The zero-order chi connectivity index (χ0) is 18.6. The lowest BCUT2D eigenvalue weighted by atomic mass is 9.99. The molecule has 25 heavy (non-hydrogen) atoms. The minimum Gasteiger partial charge on any atom is -0.494 e. The summed E-state index contributed by atoms with van der Waals surface area (Å²) in [6.07, 6.45) is 1.92. The van der Waals surface area contributed by atoms with E-state index in [-0.39, 0.29) is 10.8 Å². The molecule has 140 valence electrons. The van der Waals surface area contributed by atoms with E-state index < -0.39 is 16.1 Å². The van der Waals surface area contributed by atoms with Gasteiger partial charge in [0.15, 0.2) is 0 Å². The van der Waals surface area contributed by atoms with Gasteiger partial charge in [-0.05, 0) is 63.3 Å². The largest absolute Gasteiger partial charge is 0.494 e. The van der Waals surface area contributed by atoms with Crippen molar-refractivity contribution in [1.82, 2.24) is 9.62 Å². The maximum atomic E-state index is 12.6. The van der Waals surface area contributed by atoms with Crippen molar-refractivity contribution in [2.24, 2.45) is 5.92 Å². The van der Waals surface area contributed by atoms with Crippen LogP contribution >= 0.6 is 0 Å². The zero-order valence-corrected chi connectivity index (χ0v) is 16.2. The summed E-state index contributed by atoms with van der Waals surface area (Å²) in [6, 6.07) is 3.92. The molecular formula is C18H28N2O4S. The summed E-state index contributed by atoms with van der Waals surface area (Å²) < 4.78 is 33.1. The van der Waals surface area contributed by atoms with Gasteiger partial charge in [-0.3, -0.25) is 4.79 Å². The van der Waals surface area contributed by atoms with Crippen molar-refractivity contribution in [2.75, 3.05) is 19.7 Å². The topological polar surface area (TPSA) is 75.7 Å². The summed E-state index contributed by atoms with van der Waals surface area (Å²) >= 11 is 0. The third-order valence-electron chi connectivity index (χ3n) is 4.55. The zero-order valence-electron chi connectivity index (χ0n) is 15.4. The van der Waals surface area contributed by atoms with Gasteiger partial charge in [0.2, 0.25) is 15.9 Å². The maximum absolute atomic E-state index is 12.6. The maximum Gasteiger partial charge on any atom is 0.241 e. The monoisotopic (exact) mass is 368 g/mol. The predicted octanol–water partition coefficient (Wildman–Crippen LogP) is 2.32. The van der Waals surface area contributed by atoms with E-state index in [1.54, 1.807) is 30.9 Å². The van der Waals surface area contributed by atoms with Crippen LogP contribution in [0.4, 0.5) is 0 Å². The Morgan fingerprint density at radius 3 is 2.56 bits per heavy atom. The predicted molar refractivity (Wildman–Crippen MR) is 97.1 cm³/mol. The molecule has 1 aliphatic heterocycles. The molecule has 1 saturated heterocycles. The van der Waals surface area contributed by atoms with E-state index in [0.717, 1.165) is 18.4 Å². The van der Waals surface area contributed by atoms with Crippen LogP contribution in [-0.2, 0) is 14.8 Å². The summed E-state index contributed by atoms with van der Waals surface area (Å²) in [5, 5.41) is 0. The summed E-state index contributed by atoms with van der Waals surface area (Å²) in [4.78, 5) is 14.4. The van der Waals surface area contributed by atoms with Crippen LogP contribution in [0.25, 0.3) is 0 Å². The molecule has 0 aromatic heterocycles. The molecule has 0 unspecified atom stereocenters. The van der Waals surface area contributed by atoms with Gasteiger partial charge in [0.1, 0.15) is 5.75 Å². The number of likely N-dealkylation sites (tertiary alicyclic amines) is 1. The third kappa shape index (κ3) is 4.95. The fourth-order valence-electron chi connectivity index (χ4n) is 2.96. The van der Waals surface area contributed by atoms with Crippen LogP contribution < -0.4 is 9.46 Å². The van der Waals surface area contributed by atoms with E-state index in [1.165, 1.54) is 6.07 Å². The highest BCUT2D eigenvalue weighted by molar-refractivity contribution is 7.89. The van der Waals surface area contributed by atoms with Gasteiger partial charge < -0.3 is 9.64 Å². The molecule has 1 atom stereocenters. The first-order valence-electron chi connectivity index (χ1n) is 8.79. The average molecular weight is 368 g/mol. The molecule has 1 aromatic carbocycles. The average Bonchev–Trinajstić information content (AvgIpc) is 2.56. The molecule has 7 heteroatoms. The number of carbonyl (C=O) groups excluding carboxylic acids is 1. The second kappa shape index (κ2) is 8.19. The number of sulfonamides is 1. The number of nitrogens with zero attached hydrogens (tertiary/aromatic N) is 1. The summed E-state index contributed by atoms with van der Waals surface area (Å²) in [5.74, 6) is 1.11. The van der Waals surface area contributed by atoms with Gasteiger partial charge >= 0.3 is 0 Å². The molecule has 0 spiro atoms. The Morgan fingerprint density at radius 1 is 1.36 bits per heavy atom. The number of carbonyl (C=O) groups is 1. The van der Waals surface area contributed by atoms with Gasteiger partial charge in [-0.25, -0.2) is 8.42 Å². The number of amides is 1. The lowest BCUT2D eigenvalue weighted by Gasteiger charge is -2.32. The van der Waals surface area contributed by atoms with Crippen molar-refractivity contribution < 1.29 is 17.9 Å². The molecule has 1 fully saturated rings. The van der Waals surface area contributed by atoms with Gasteiger partial charge in [0.25, 0.3) is 0 Å². The summed E-state index contributed by atoms with van der Waals surface area (Å²) in [5.41, 5.74) is 0.744. The highest BCUT2D eigenvalue weighted by atomic mass is 32.2. The fourth-order valence-corrected chi connectivity index (χ4v) is 4.24. The number of ether oxygens (including phenoxy) is 1. The third-order valence-corrected chi connectivity index (χ3v) is 6.09. The van der Waals surface area contributed by atoms with Crippen LogP contribution in [0.15, 0.2) is 23.1 Å². The minimum absolute atomic E-state index is 0.139. The first-order chi connectivity index (χ1) is 11.7. The lowest BCUT2D eigenvalue weighted by molar-refractivity contribution is -0.133. The molecule has 1 aliphatic rings. The van der Waals surface area contributed by atoms with Gasteiger partial charge in [-0.15, -0.1) is 0 Å². The van der Waals surface area contributed by atoms with Crippen molar-refractivity contribution >= 4 is 15.9 Å². The number of nitrogens with one attached hydrogen (secondary N) is 1. The van der Waals surface area contributed by atoms with Crippen LogP contribution in [0.3, 0.4) is 0 Å². The van der Waals surface area contributed by atoms with Crippen molar-refractivity contribution in [2.45, 2.75) is 51.5 Å². The van der Waals surface area contributed by atoms with Crippen LogP contribution in [0.5, 0.6) is 5.75 Å². The van der Waals surface area contributed by atoms with Crippen molar-refractivity contribution in [3.63, 3.8) is 0 Å². The number of benzene rings is 1. The number of hydrogen-bond acceptors (Lipinski definition) is 4. The molecule has 1 heterocycles. The number of rotatable bonds is 6. The van der Waals surface area contributed by atoms with Crippen molar-refractivity contribution in [1.29, 1.82) is 0 Å². The summed E-state index contributed by atoms with van der Waals surface area (Å²) in [7, 11) is -3.76. The van der Waals surface area contributed by atoms with Gasteiger partial charge in [-0.2, -0.15) is 4.72 Å². The Morgan fingerprint density at radius 2 is 2.00 bits per heavy atom. The molecule has 0 saturated carbocycles. The van der Waals surface area contributed by atoms with Crippen LogP contribution in [0.1, 0.15) is 39.2 Å². The van der Waals surface area contributed by atoms with Crippen LogP contribution in [-0.4, -0.2) is 45.0 Å². The molecule has 0 bridgehead atoms. The molecule has 0 radical (unpaired) electrons. The Kier molecular flexibility index (Phi) is 6.46. The quantitative estimate of drug-likeness (QED) is 0.836. The number of piperidine rings is 1. The van der Waals surface area contributed by atoms with E-state index >= 15 is 0 Å². The first-order valence-corrected chi connectivity index (χ1v) is 10.3. The molecule has 0 aliphatic carbocycles. The normalized spacial score (nSPS) is 17.4. The summed E-state index contributed by atoms with van der Waals surface area (Å²) in [6.45, 7) is 9.34. The van der Waals surface area contributed by atoms with Gasteiger partial charge in [0.05, 0.1) is 17.5 Å². The van der Waals surface area contributed by atoms with E-state index in [1.807, 2.05) is 6.92 Å². The molecular weight excluding hydrogens is 340 g/mol. The van der Waals surface area contributed by atoms with Gasteiger partial charge in [-0.1, -0.05) is 6.92 Å². The smallest absolute Gasteiger partial charge is 0.241 e. The molecule has 1 aromatic rings. The Bertz CT molecular complexity index is 710. The first kappa shape index (κ1) is 19.7. The molecule has 2 rings (SSSR count). The number of aryl methyl sites for hydroxylation is 1. The Balaban J connectivity index is 2.07. The van der Waals surface area contributed by atoms with E-state index in [0.29, 0.717) is 31.4 Å². The van der Waals surface area contributed by atoms with Crippen LogP contribution in [0, 0.1) is 12.8 Å². The highest BCUT2D eigenvalue weighted by Crippen LogP contribution is 2.22. The minimum atomic E-state index is -3.76. The highest BCUT2D eigenvalue weighted by Gasteiger charge is 2.28. The molecule has 1 amide bonds. The van der Waals surface area contributed by atoms with E-state index in [4.69, 9.17) is 4.74 Å². The standard InChI is InChI=1S/C18H28N2O4S/c1-5-24-17-7-6-16(12-14(17)3)25(22,23)19-15(4)18(21)20-10-8-13(2)9-11-20/h6-7,12-13,15,19H,5,8-11H2,1-4H3/t15-/m1/s1. The number of hydrogen-bond donors (Lipinski definition) is 1.